The van der Waals surface area contributed by atoms with E-state index in [1.807, 2.05) is 36.4 Å². The summed E-state index contributed by atoms with van der Waals surface area (Å²) < 4.78 is 5.65. The highest BCUT2D eigenvalue weighted by Crippen LogP contribution is 2.32. The van der Waals surface area contributed by atoms with Crippen molar-refractivity contribution in [3.63, 3.8) is 0 Å². The van der Waals surface area contributed by atoms with Crippen molar-refractivity contribution in [2.75, 3.05) is 0 Å². The number of nitro groups is 1. The zero-order chi connectivity index (χ0) is 26.2. The molecule has 2 amide bonds. The molecule has 2 N–H and O–H groups in total. The van der Waals surface area contributed by atoms with Crippen LogP contribution in [0.2, 0.25) is 5.02 Å². The third-order valence-electron chi connectivity index (χ3n) is 5.37. The number of nitrogens with zero attached hydrogens (tertiary/aromatic N) is 2. The lowest BCUT2D eigenvalue weighted by Gasteiger charge is -2.18. The van der Waals surface area contributed by atoms with Crippen LogP contribution < -0.4 is 10.7 Å². The second-order valence-corrected chi connectivity index (χ2v) is 8.33. The summed E-state index contributed by atoms with van der Waals surface area (Å²) in [7, 11) is 0. The van der Waals surface area contributed by atoms with Crippen molar-refractivity contribution in [3.8, 4) is 11.3 Å². The molecule has 1 aromatic heterocycles. The Bertz CT molecular complexity index is 1440. The fraction of sp³-hybridized carbons (Fsp3) is 0.0741. The Hall–Kier alpha value is -4.76. The molecule has 0 saturated heterocycles. The third-order valence-corrected chi connectivity index (χ3v) is 5.70. The predicted molar refractivity (Wildman–Crippen MR) is 139 cm³/mol. The molecule has 10 heteroatoms. The van der Waals surface area contributed by atoms with E-state index in [4.69, 9.17) is 16.0 Å². The molecular formula is C27H21ClN4O5. The fourth-order valence-corrected chi connectivity index (χ4v) is 3.76. The number of hydrogen-bond donors (Lipinski definition) is 2. The Morgan fingerprint density at radius 3 is 2.41 bits per heavy atom. The summed E-state index contributed by atoms with van der Waals surface area (Å²) in [4.78, 5) is 35.8. The topological polar surface area (TPSA) is 127 Å². The highest BCUT2D eigenvalue weighted by Gasteiger charge is 2.19. The molecular weight excluding hydrogens is 496 g/mol. The molecule has 3 aromatic carbocycles. The molecule has 4 rings (SSSR count). The minimum Gasteiger partial charge on any atom is -0.455 e. The standard InChI is InChI=1S/C27H21ClN4O5/c28-23-13-11-20(32(35)36)15-22(23)25-14-12-21(37-25)17-29-31-26(33)16-24(18-7-3-1-4-8-18)30-27(34)19-9-5-2-6-10-19/h1-15,17,24H,16H2,(H,30,34)(H,31,33)/b29-17-/t24-/m0/s1. The van der Waals surface area contributed by atoms with Crippen LogP contribution in [-0.2, 0) is 4.79 Å². The van der Waals surface area contributed by atoms with E-state index in [2.05, 4.69) is 15.8 Å². The average molecular weight is 517 g/mol. The number of carbonyl (C=O) groups excluding carboxylic acids is 2. The second-order valence-electron chi connectivity index (χ2n) is 7.92. The van der Waals surface area contributed by atoms with Crippen LogP contribution >= 0.6 is 11.6 Å². The van der Waals surface area contributed by atoms with E-state index in [9.17, 15) is 19.7 Å². The van der Waals surface area contributed by atoms with Gasteiger partial charge in [-0.3, -0.25) is 19.7 Å². The summed E-state index contributed by atoms with van der Waals surface area (Å²) in [6.07, 6.45) is 1.25. The van der Waals surface area contributed by atoms with Gasteiger partial charge in [0.1, 0.15) is 11.5 Å². The summed E-state index contributed by atoms with van der Waals surface area (Å²) in [6.45, 7) is 0. The van der Waals surface area contributed by atoms with E-state index in [0.29, 0.717) is 27.7 Å². The Balaban J connectivity index is 1.41. The monoisotopic (exact) mass is 516 g/mol. The molecule has 0 unspecified atom stereocenters. The number of amides is 2. The van der Waals surface area contributed by atoms with Crippen LogP contribution in [0.25, 0.3) is 11.3 Å². The maximum atomic E-state index is 12.7. The molecule has 0 aliphatic carbocycles. The van der Waals surface area contributed by atoms with E-state index < -0.39 is 16.9 Å². The Morgan fingerprint density at radius 2 is 1.70 bits per heavy atom. The molecule has 0 spiro atoms. The number of nitrogens with one attached hydrogen (secondary N) is 2. The van der Waals surface area contributed by atoms with Crippen LogP contribution in [0.5, 0.6) is 0 Å². The Labute approximate surface area is 216 Å². The highest BCUT2D eigenvalue weighted by atomic mass is 35.5. The van der Waals surface area contributed by atoms with Gasteiger partial charge in [0.25, 0.3) is 11.6 Å². The predicted octanol–water partition coefficient (Wildman–Crippen LogP) is 5.52. The molecule has 9 nitrogen and oxygen atoms in total. The smallest absolute Gasteiger partial charge is 0.270 e. The first kappa shape index (κ1) is 25.3. The summed E-state index contributed by atoms with van der Waals surface area (Å²) in [5.41, 5.74) is 3.93. The van der Waals surface area contributed by atoms with Gasteiger partial charge in [0, 0.05) is 23.3 Å². The van der Waals surface area contributed by atoms with Gasteiger partial charge in [-0.25, -0.2) is 5.43 Å². The van der Waals surface area contributed by atoms with Crippen LogP contribution in [0.15, 0.2) is 101 Å². The van der Waals surface area contributed by atoms with Crippen molar-refractivity contribution in [2.45, 2.75) is 12.5 Å². The zero-order valence-corrected chi connectivity index (χ0v) is 20.1. The van der Waals surface area contributed by atoms with Gasteiger partial charge in [0.05, 0.1) is 28.6 Å². The SMILES string of the molecule is O=C(C[C@H](NC(=O)c1ccccc1)c1ccccc1)N/N=C\c1ccc(-c2cc([N+](=O)[O-])ccc2Cl)o1. The van der Waals surface area contributed by atoms with Gasteiger partial charge in [0.15, 0.2) is 0 Å². The maximum absolute atomic E-state index is 12.7. The number of halogens is 1. The first-order chi connectivity index (χ1) is 17.9. The number of non-ortho nitro benzene ring substituents is 1. The second kappa shape index (κ2) is 11.8. The molecule has 1 heterocycles. The Morgan fingerprint density at radius 1 is 1.00 bits per heavy atom. The fourth-order valence-electron chi connectivity index (χ4n) is 3.55. The molecule has 186 valence electrons. The molecule has 0 bridgehead atoms. The number of hydrazone groups is 1. The van der Waals surface area contributed by atoms with Crippen molar-refractivity contribution in [1.82, 2.24) is 10.7 Å². The Kier molecular flexibility index (Phi) is 8.07. The van der Waals surface area contributed by atoms with E-state index in [0.717, 1.165) is 5.56 Å². The molecule has 1 atom stereocenters. The van der Waals surface area contributed by atoms with Crippen molar-refractivity contribution >= 4 is 35.3 Å². The van der Waals surface area contributed by atoms with Crippen LogP contribution in [0, 0.1) is 10.1 Å². The quantitative estimate of drug-likeness (QED) is 0.172. The number of carbonyl (C=O) groups is 2. The minimum atomic E-state index is -0.574. The summed E-state index contributed by atoms with van der Waals surface area (Å²) in [5.74, 6) is -0.107. The first-order valence-electron chi connectivity index (χ1n) is 11.2. The number of benzene rings is 3. The average Bonchev–Trinajstić information content (AvgIpc) is 3.38. The van der Waals surface area contributed by atoms with Crippen molar-refractivity contribution in [2.24, 2.45) is 5.10 Å². The summed E-state index contributed by atoms with van der Waals surface area (Å²) in [6, 6.07) is 24.6. The van der Waals surface area contributed by atoms with Crippen LogP contribution in [0.4, 0.5) is 5.69 Å². The third kappa shape index (κ3) is 6.68. The maximum Gasteiger partial charge on any atom is 0.270 e. The first-order valence-corrected chi connectivity index (χ1v) is 11.6. The van der Waals surface area contributed by atoms with Crippen LogP contribution in [0.1, 0.15) is 34.1 Å². The largest absolute Gasteiger partial charge is 0.455 e. The molecule has 0 aliphatic rings. The van der Waals surface area contributed by atoms with Crippen molar-refractivity contribution < 1.29 is 18.9 Å². The normalized spacial score (nSPS) is 11.7. The summed E-state index contributed by atoms with van der Waals surface area (Å²) in [5, 5.41) is 18.2. The highest BCUT2D eigenvalue weighted by molar-refractivity contribution is 6.33. The van der Waals surface area contributed by atoms with Gasteiger partial charge in [0.2, 0.25) is 5.91 Å². The number of hydrogen-bond acceptors (Lipinski definition) is 6. The number of nitro benzene ring substituents is 1. The van der Waals surface area contributed by atoms with Crippen LogP contribution in [0.3, 0.4) is 0 Å². The molecule has 4 aromatic rings. The summed E-state index contributed by atoms with van der Waals surface area (Å²) >= 11 is 6.16. The van der Waals surface area contributed by atoms with Crippen LogP contribution in [-0.4, -0.2) is 23.0 Å². The number of rotatable bonds is 9. The lowest BCUT2D eigenvalue weighted by molar-refractivity contribution is -0.384. The number of furan rings is 1. The minimum absolute atomic E-state index is 0.0490. The molecule has 37 heavy (non-hydrogen) atoms. The molecule has 0 fully saturated rings. The van der Waals surface area contributed by atoms with Gasteiger partial charge in [-0.15, -0.1) is 0 Å². The van der Waals surface area contributed by atoms with Gasteiger partial charge in [-0.1, -0.05) is 60.1 Å². The van der Waals surface area contributed by atoms with E-state index in [1.165, 1.54) is 24.4 Å². The van der Waals surface area contributed by atoms with Gasteiger partial charge >= 0.3 is 0 Å². The van der Waals surface area contributed by atoms with E-state index >= 15 is 0 Å². The van der Waals surface area contributed by atoms with E-state index in [1.54, 1.807) is 36.4 Å². The zero-order valence-electron chi connectivity index (χ0n) is 19.3. The molecule has 0 saturated carbocycles. The lowest BCUT2D eigenvalue weighted by atomic mass is 10.0. The molecule has 0 radical (unpaired) electrons. The lowest BCUT2D eigenvalue weighted by Crippen LogP contribution is -2.32. The van der Waals surface area contributed by atoms with Gasteiger partial charge in [-0.05, 0) is 35.9 Å². The van der Waals surface area contributed by atoms with E-state index in [-0.39, 0.29) is 18.0 Å². The van der Waals surface area contributed by atoms with Crippen molar-refractivity contribution in [1.29, 1.82) is 0 Å². The van der Waals surface area contributed by atoms with Gasteiger partial charge < -0.3 is 9.73 Å². The molecule has 0 aliphatic heterocycles. The van der Waals surface area contributed by atoms with Gasteiger partial charge in [-0.2, -0.15) is 5.10 Å². The van der Waals surface area contributed by atoms with Crippen molar-refractivity contribution in [3.05, 3.63) is 123 Å².